The van der Waals surface area contributed by atoms with Gasteiger partial charge in [0.05, 0.1) is 24.6 Å². The minimum atomic E-state index is 0.186. The Labute approximate surface area is 131 Å². The average Bonchev–Trinajstić information content (AvgIpc) is 2.90. The van der Waals surface area contributed by atoms with Crippen molar-refractivity contribution in [1.29, 1.82) is 0 Å². The normalized spacial score (nSPS) is 15.6. The van der Waals surface area contributed by atoms with Gasteiger partial charge in [-0.15, -0.1) is 0 Å². The molecule has 1 N–H and O–H groups in total. The van der Waals surface area contributed by atoms with E-state index in [9.17, 15) is 4.79 Å². The first kappa shape index (κ1) is 14.5. The summed E-state index contributed by atoms with van der Waals surface area (Å²) in [4.78, 5) is 22.5. The zero-order valence-electron chi connectivity index (χ0n) is 11.8. The molecule has 0 radical (unpaired) electrons. The largest absolute Gasteiger partial charge is 0.342 e. The van der Waals surface area contributed by atoms with Crippen LogP contribution in [0, 0.1) is 0 Å². The summed E-state index contributed by atoms with van der Waals surface area (Å²) >= 11 is 3.35. The first-order chi connectivity index (χ1) is 10.2. The average molecular weight is 352 g/mol. The van der Waals surface area contributed by atoms with Crippen LogP contribution in [0.25, 0.3) is 5.65 Å². The fourth-order valence-corrected chi connectivity index (χ4v) is 2.91. The monoisotopic (exact) mass is 351 g/mol. The fourth-order valence-electron chi connectivity index (χ4n) is 2.60. The van der Waals surface area contributed by atoms with Crippen molar-refractivity contribution in [3.63, 3.8) is 0 Å². The van der Waals surface area contributed by atoms with Crippen LogP contribution in [-0.4, -0.2) is 44.8 Å². The van der Waals surface area contributed by atoms with E-state index in [1.54, 1.807) is 6.20 Å². The number of rotatable bonds is 4. The van der Waals surface area contributed by atoms with Gasteiger partial charge < -0.3 is 10.2 Å². The Kier molecular flexibility index (Phi) is 4.50. The Morgan fingerprint density at radius 1 is 1.24 bits per heavy atom. The van der Waals surface area contributed by atoms with Crippen LogP contribution in [0.3, 0.4) is 0 Å². The summed E-state index contributed by atoms with van der Waals surface area (Å²) in [5.74, 6) is 0.186. The lowest BCUT2D eigenvalue weighted by Crippen LogP contribution is -2.41. The van der Waals surface area contributed by atoms with Crippen LogP contribution in [0.5, 0.6) is 0 Å². The number of piperidine rings is 1. The minimum Gasteiger partial charge on any atom is -0.342 e. The van der Waals surface area contributed by atoms with E-state index in [1.807, 2.05) is 21.7 Å². The standard InChI is InChI=1S/C14H18BrN5O/c15-12-10-20-11(7-18-13(20)8-17-12)6-16-9-14(21)19-4-2-1-3-5-19/h7-8,10,16H,1-6,9H2. The van der Waals surface area contributed by atoms with Crippen molar-refractivity contribution < 1.29 is 4.79 Å². The minimum absolute atomic E-state index is 0.186. The molecular weight excluding hydrogens is 334 g/mol. The quantitative estimate of drug-likeness (QED) is 0.908. The molecule has 3 heterocycles. The van der Waals surface area contributed by atoms with Crippen molar-refractivity contribution in [2.75, 3.05) is 19.6 Å². The second kappa shape index (κ2) is 6.53. The summed E-state index contributed by atoms with van der Waals surface area (Å²) in [7, 11) is 0. The number of aromatic nitrogens is 3. The molecule has 1 aliphatic rings. The Morgan fingerprint density at radius 3 is 2.86 bits per heavy atom. The molecule has 0 aliphatic carbocycles. The predicted molar refractivity (Wildman–Crippen MR) is 82.8 cm³/mol. The molecule has 2 aromatic rings. The molecule has 112 valence electrons. The molecule has 0 saturated carbocycles. The molecule has 1 amide bonds. The van der Waals surface area contributed by atoms with Crippen molar-refractivity contribution in [3.05, 3.63) is 28.9 Å². The smallest absolute Gasteiger partial charge is 0.236 e. The third kappa shape index (κ3) is 3.41. The Morgan fingerprint density at radius 2 is 2.05 bits per heavy atom. The second-order valence-corrected chi connectivity index (χ2v) is 6.05. The number of amides is 1. The van der Waals surface area contributed by atoms with E-state index in [0.717, 1.165) is 41.9 Å². The summed E-state index contributed by atoms with van der Waals surface area (Å²) in [6.45, 7) is 2.78. The van der Waals surface area contributed by atoms with Gasteiger partial charge in [0.15, 0.2) is 5.65 Å². The Hall–Kier alpha value is -1.47. The van der Waals surface area contributed by atoms with E-state index >= 15 is 0 Å². The van der Waals surface area contributed by atoms with E-state index in [-0.39, 0.29) is 5.91 Å². The van der Waals surface area contributed by atoms with Gasteiger partial charge in [0.1, 0.15) is 4.60 Å². The lowest BCUT2D eigenvalue weighted by molar-refractivity contribution is -0.131. The maximum Gasteiger partial charge on any atom is 0.236 e. The van der Waals surface area contributed by atoms with Crippen molar-refractivity contribution in [2.24, 2.45) is 0 Å². The van der Waals surface area contributed by atoms with Crippen LogP contribution < -0.4 is 5.32 Å². The predicted octanol–water partition coefficient (Wildman–Crippen LogP) is 1.59. The molecule has 0 spiro atoms. The molecule has 21 heavy (non-hydrogen) atoms. The number of nitrogens with one attached hydrogen (secondary N) is 1. The molecular formula is C14H18BrN5O. The molecule has 3 rings (SSSR count). The van der Waals surface area contributed by atoms with Crippen LogP contribution in [0.1, 0.15) is 25.0 Å². The van der Waals surface area contributed by atoms with Gasteiger partial charge in [0, 0.05) is 25.8 Å². The van der Waals surface area contributed by atoms with Crippen molar-refractivity contribution in [2.45, 2.75) is 25.8 Å². The highest BCUT2D eigenvalue weighted by molar-refractivity contribution is 9.10. The number of fused-ring (bicyclic) bond motifs is 1. The molecule has 7 heteroatoms. The highest BCUT2D eigenvalue weighted by Gasteiger charge is 2.15. The van der Waals surface area contributed by atoms with Gasteiger partial charge in [0.25, 0.3) is 0 Å². The van der Waals surface area contributed by atoms with Crippen molar-refractivity contribution >= 4 is 27.5 Å². The maximum absolute atomic E-state index is 12.1. The summed E-state index contributed by atoms with van der Waals surface area (Å²) < 4.78 is 2.73. The highest BCUT2D eigenvalue weighted by Crippen LogP contribution is 2.11. The van der Waals surface area contributed by atoms with E-state index in [4.69, 9.17) is 0 Å². The van der Waals surface area contributed by atoms with Gasteiger partial charge in [-0.05, 0) is 35.2 Å². The highest BCUT2D eigenvalue weighted by atomic mass is 79.9. The molecule has 0 aromatic carbocycles. The zero-order chi connectivity index (χ0) is 14.7. The van der Waals surface area contributed by atoms with E-state index in [2.05, 4.69) is 31.2 Å². The van der Waals surface area contributed by atoms with Crippen LogP contribution >= 0.6 is 15.9 Å². The molecule has 1 fully saturated rings. The number of likely N-dealkylation sites (tertiary alicyclic amines) is 1. The second-order valence-electron chi connectivity index (χ2n) is 5.23. The lowest BCUT2D eigenvalue weighted by atomic mass is 10.1. The molecule has 1 saturated heterocycles. The molecule has 2 aromatic heterocycles. The van der Waals surface area contributed by atoms with Gasteiger partial charge >= 0.3 is 0 Å². The summed E-state index contributed by atoms with van der Waals surface area (Å²) in [6.07, 6.45) is 8.89. The number of nitrogens with zero attached hydrogens (tertiary/aromatic N) is 4. The Balaban J connectivity index is 1.56. The number of halogens is 1. The zero-order valence-corrected chi connectivity index (χ0v) is 13.3. The van der Waals surface area contributed by atoms with Crippen molar-refractivity contribution in [3.8, 4) is 0 Å². The Bertz CT molecular complexity index is 635. The number of hydrogen-bond donors (Lipinski definition) is 1. The van der Waals surface area contributed by atoms with Gasteiger partial charge in [-0.25, -0.2) is 9.97 Å². The van der Waals surface area contributed by atoms with Crippen LogP contribution in [0.2, 0.25) is 0 Å². The van der Waals surface area contributed by atoms with Gasteiger partial charge in [-0.3, -0.25) is 9.20 Å². The molecule has 1 aliphatic heterocycles. The number of carbonyl (C=O) groups is 1. The molecule has 6 nitrogen and oxygen atoms in total. The van der Waals surface area contributed by atoms with Gasteiger partial charge in [-0.2, -0.15) is 0 Å². The van der Waals surface area contributed by atoms with E-state index in [0.29, 0.717) is 13.1 Å². The maximum atomic E-state index is 12.1. The van der Waals surface area contributed by atoms with Crippen molar-refractivity contribution in [1.82, 2.24) is 24.6 Å². The topological polar surface area (TPSA) is 62.5 Å². The van der Waals surface area contributed by atoms with E-state index in [1.165, 1.54) is 6.42 Å². The van der Waals surface area contributed by atoms with Crippen LogP contribution in [0.15, 0.2) is 23.2 Å². The summed E-state index contributed by atoms with van der Waals surface area (Å²) in [5.41, 5.74) is 1.82. The lowest BCUT2D eigenvalue weighted by Gasteiger charge is -2.26. The van der Waals surface area contributed by atoms with Gasteiger partial charge in [-0.1, -0.05) is 0 Å². The first-order valence-electron chi connectivity index (χ1n) is 7.20. The molecule has 0 unspecified atom stereocenters. The summed E-state index contributed by atoms with van der Waals surface area (Å²) in [5, 5.41) is 3.21. The van der Waals surface area contributed by atoms with Gasteiger partial charge in [0.2, 0.25) is 5.91 Å². The third-order valence-electron chi connectivity index (χ3n) is 3.73. The third-order valence-corrected chi connectivity index (χ3v) is 4.14. The number of imidazole rings is 1. The first-order valence-corrected chi connectivity index (χ1v) is 7.99. The fraction of sp³-hybridized carbons (Fsp3) is 0.500. The molecule has 0 atom stereocenters. The SMILES string of the molecule is O=C(CNCc1cnc2cnc(Br)cn12)N1CCCCC1. The van der Waals surface area contributed by atoms with E-state index < -0.39 is 0 Å². The number of carbonyl (C=O) groups excluding carboxylic acids is 1. The van der Waals surface area contributed by atoms with Crippen LogP contribution in [-0.2, 0) is 11.3 Å². The van der Waals surface area contributed by atoms with Crippen LogP contribution in [0.4, 0.5) is 0 Å². The summed E-state index contributed by atoms with van der Waals surface area (Å²) in [6, 6.07) is 0. The molecule has 0 bridgehead atoms. The number of hydrogen-bond acceptors (Lipinski definition) is 4.